The molecule has 3 nitrogen and oxygen atoms in total. The Hall–Kier alpha value is -1.38. The third-order valence-electron chi connectivity index (χ3n) is 1.49. The first kappa shape index (κ1) is 8.71. The van der Waals surface area contributed by atoms with Gasteiger partial charge < -0.3 is 4.84 Å². The number of nitrogens with zero attached hydrogens (tertiary/aromatic N) is 2. The van der Waals surface area contributed by atoms with Crippen molar-refractivity contribution in [2.45, 2.75) is 13.8 Å². The van der Waals surface area contributed by atoms with Crippen LogP contribution in [0.2, 0.25) is 0 Å². The number of rotatable bonds is 2. The lowest BCUT2D eigenvalue weighted by Crippen LogP contribution is -1.99. The average molecular weight is 164 g/mol. The van der Waals surface area contributed by atoms with Crippen molar-refractivity contribution in [1.29, 1.82) is 0 Å². The van der Waals surface area contributed by atoms with Crippen LogP contribution in [0.5, 0.6) is 0 Å². The van der Waals surface area contributed by atoms with Gasteiger partial charge in [0.1, 0.15) is 12.8 Å². The summed E-state index contributed by atoms with van der Waals surface area (Å²) < 4.78 is 0. The van der Waals surface area contributed by atoms with Gasteiger partial charge in [-0.1, -0.05) is 11.2 Å². The Morgan fingerprint density at radius 1 is 1.50 bits per heavy atom. The normalized spacial score (nSPS) is 11.4. The average Bonchev–Trinajstić information content (AvgIpc) is 2.05. The van der Waals surface area contributed by atoms with Gasteiger partial charge in [-0.3, -0.25) is 4.98 Å². The van der Waals surface area contributed by atoms with Crippen LogP contribution in [-0.4, -0.2) is 17.8 Å². The van der Waals surface area contributed by atoms with E-state index in [1.165, 1.54) is 7.11 Å². The van der Waals surface area contributed by atoms with Gasteiger partial charge in [0, 0.05) is 5.69 Å². The number of pyridine rings is 1. The van der Waals surface area contributed by atoms with Crippen LogP contribution in [0.3, 0.4) is 0 Å². The predicted molar refractivity (Wildman–Crippen MR) is 48.2 cm³/mol. The Labute approximate surface area is 72.1 Å². The van der Waals surface area contributed by atoms with Gasteiger partial charge in [0.25, 0.3) is 0 Å². The zero-order chi connectivity index (χ0) is 8.97. The summed E-state index contributed by atoms with van der Waals surface area (Å²) in [4.78, 5) is 8.93. The summed E-state index contributed by atoms with van der Waals surface area (Å²) in [6, 6.07) is 5.81. The second-order valence-corrected chi connectivity index (χ2v) is 2.52. The maximum absolute atomic E-state index is 4.65. The molecule has 0 N–H and O–H groups in total. The molecule has 0 spiro atoms. The van der Waals surface area contributed by atoms with Gasteiger partial charge in [0.05, 0.1) is 5.69 Å². The summed E-state index contributed by atoms with van der Waals surface area (Å²) in [7, 11) is 1.53. The molecule has 0 fully saturated rings. The fourth-order valence-corrected chi connectivity index (χ4v) is 0.928. The van der Waals surface area contributed by atoms with E-state index < -0.39 is 0 Å². The molecule has 1 aromatic heterocycles. The van der Waals surface area contributed by atoms with Gasteiger partial charge >= 0.3 is 0 Å². The summed E-state index contributed by atoms with van der Waals surface area (Å²) in [5.74, 6) is 0. The highest BCUT2D eigenvalue weighted by Gasteiger charge is 1.98. The van der Waals surface area contributed by atoms with Crippen LogP contribution in [0.15, 0.2) is 23.4 Å². The zero-order valence-corrected chi connectivity index (χ0v) is 7.53. The Morgan fingerprint density at radius 3 is 2.83 bits per heavy atom. The van der Waals surface area contributed by atoms with E-state index in [0.29, 0.717) is 0 Å². The number of oxime groups is 1. The summed E-state index contributed by atoms with van der Waals surface area (Å²) >= 11 is 0. The van der Waals surface area contributed by atoms with Gasteiger partial charge in [-0.15, -0.1) is 0 Å². The first-order chi connectivity index (χ1) is 5.74. The van der Waals surface area contributed by atoms with E-state index in [9.17, 15) is 0 Å². The monoisotopic (exact) mass is 164 g/mol. The SMILES string of the molecule is CON=C(C)c1cccc(C)n1. The molecule has 0 unspecified atom stereocenters. The third kappa shape index (κ3) is 2.05. The molecule has 0 aliphatic carbocycles. The van der Waals surface area contributed by atoms with Crippen LogP contribution in [-0.2, 0) is 4.84 Å². The minimum atomic E-state index is 0.793. The highest BCUT2D eigenvalue weighted by Crippen LogP contribution is 1.99. The van der Waals surface area contributed by atoms with Crippen molar-refractivity contribution in [2.75, 3.05) is 7.11 Å². The van der Waals surface area contributed by atoms with Crippen LogP contribution in [0.25, 0.3) is 0 Å². The van der Waals surface area contributed by atoms with E-state index in [4.69, 9.17) is 0 Å². The molecule has 0 aliphatic rings. The minimum Gasteiger partial charge on any atom is -0.399 e. The lowest BCUT2D eigenvalue weighted by molar-refractivity contribution is 0.213. The molecule has 0 aromatic carbocycles. The number of aryl methyl sites for hydroxylation is 1. The van der Waals surface area contributed by atoms with Crippen LogP contribution in [0.1, 0.15) is 18.3 Å². The molecular formula is C9H12N2O. The van der Waals surface area contributed by atoms with E-state index in [1.807, 2.05) is 32.0 Å². The maximum atomic E-state index is 4.65. The first-order valence-corrected chi connectivity index (χ1v) is 3.76. The lowest BCUT2D eigenvalue weighted by Gasteiger charge is -1.99. The number of aromatic nitrogens is 1. The number of hydrogen-bond donors (Lipinski definition) is 0. The van der Waals surface area contributed by atoms with Gasteiger partial charge in [-0.05, 0) is 26.0 Å². The highest BCUT2D eigenvalue weighted by atomic mass is 16.6. The highest BCUT2D eigenvalue weighted by molar-refractivity contribution is 5.96. The van der Waals surface area contributed by atoms with Crippen LogP contribution < -0.4 is 0 Å². The van der Waals surface area contributed by atoms with Crippen molar-refractivity contribution in [3.63, 3.8) is 0 Å². The van der Waals surface area contributed by atoms with Crippen molar-refractivity contribution < 1.29 is 4.84 Å². The van der Waals surface area contributed by atoms with E-state index >= 15 is 0 Å². The largest absolute Gasteiger partial charge is 0.399 e. The predicted octanol–water partition coefficient (Wildman–Crippen LogP) is 1.76. The van der Waals surface area contributed by atoms with Crippen LogP contribution in [0, 0.1) is 6.92 Å². The van der Waals surface area contributed by atoms with Crippen LogP contribution in [0.4, 0.5) is 0 Å². The summed E-state index contributed by atoms with van der Waals surface area (Å²) in [6.07, 6.45) is 0. The Bertz CT molecular complexity index is 294. The molecule has 0 saturated carbocycles. The topological polar surface area (TPSA) is 34.5 Å². The first-order valence-electron chi connectivity index (χ1n) is 3.76. The van der Waals surface area contributed by atoms with Crippen molar-refractivity contribution in [3.05, 3.63) is 29.6 Å². The fourth-order valence-electron chi connectivity index (χ4n) is 0.928. The molecule has 0 aliphatic heterocycles. The van der Waals surface area contributed by atoms with E-state index in [-0.39, 0.29) is 0 Å². The third-order valence-corrected chi connectivity index (χ3v) is 1.49. The second-order valence-electron chi connectivity index (χ2n) is 2.52. The summed E-state index contributed by atoms with van der Waals surface area (Å²) in [5.41, 5.74) is 2.64. The minimum absolute atomic E-state index is 0.793. The van der Waals surface area contributed by atoms with Gasteiger partial charge in [0.2, 0.25) is 0 Å². The van der Waals surface area contributed by atoms with Gasteiger partial charge in [0.15, 0.2) is 0 Å². The Balaban J connectivity index is 2.95. The molecule has 1 aromatic rings. The molecule has 0 amide bonds. The molecular weight excluding hydrogens is 152 g/mol. The quantitative estimate of drug-likeness (QED) is 0.493. The molecule has 1 rings (SSSR count). The standard InChI is InChI=1S/C9H12N2O/c1-7-5-4-6-9(10-7)8(2)11-12-3/h4-6H,1-3H3. The van der Waals surface area contributed by atoms with Crippen molar-refractivity contribution in [2.24, 2.45) is 5.16 Å². The molecule has 0 radical (unpaired) electrons. The van der Waals surface area contributed by atoms with Crippen molar-refractivity contribution in [1.82, 2.24) is 4.98 Å². The molecule has 0 atom stereocenters. The van der Waals surface area contributed by atoms with Gasteiger partial charge in [-0.25, -0.2) is 0 Å². The molecule has 0 saturated heterocycles. The second kappa shape index (κ2) is 3.85. The van der Waals surface area contributed by atoms with E-state index in [0.717, 1.165) is 17.1 Å². The van der Waals surface area contributed by atoms with Crippen molar-refractivity contribution >= 4 is 5.71 Å². The van der Waals surface area contributed by atoms with E-state index in [1.54, 1.807) is 0 Å². The molecule has 12 heavy (non-hydrogen) atoms. The molecule has 3 heteroatoms. The summed E-state index contributed by atoms with van der Waals surface area (Å²) in [5, 5.41) is 3.79. The smallest absolute Gasteiger partial charge is 0.106 e. The Kier molecular flexibility index (Phi) is 2.80. The van der Waals surface area contributed by atoms with Crippen LogP contribution >= 0.6 is 0 Å². The Morgan fingerprint density at radius 2 is 2.25 bits per heavy atom. The molecule has 64 valence electrons. The molecule has 0 bridgehead atoms. The molecule has 1 heterocycles. The summed E-state index contributed by atoms with van der Waals surface area (Å²) in [6.45, 7) is 3.81. The number of hydrogen-bond acceptors (Lipinski definition) is 3. The lowest BCUT2D eigenvalue weighted by atomic mass is 10.2. The van der Waals surface area contributed by atoms with Crippen molar-refractivity contribution in [3.8, 4) is 0 Å². The van der Waals surface area contributed by atoms with E-state index in [2.05, 4.69) is 15.0 Å². The maximum Gasteiger partial charge on any atom is 0.106 e. The zero-order valence-electron chi connectivity index (χ0n) is 7.53. The fraction of sp³-hybridized carbons (Fsp3) is 0.333. The van der Waals surface area contributed by atoms with Gasteiger partial charge in [-0.2, -0.15) is 0 Å².